The van der Waals surface area contributed by atoms with Crippen LogP contribution in [0.3, 0.4) is 0 Å². The molecule has 0 unspecified atom stereocenters. The molecule has 0 atom stereocenters. The second kappa shape index (κ2) is 11.7. The number of carbonyl (C=O) groups excluding carboxylic acids is 1. The Hall–Kier alpha value is -4.82. The lowest BCUT2D eigenvalue weighted by atomic mass is 10.1. The quantitative estimate of drug-likeness (QED) is 0.242. The highest BCUT2D eigenvalue weighted by Crippen LogP contribution is 2.34. The molecule has 1 amide bonds. The van der Waals surface area contributed by atoms with Gasteiger partial charge in [-0.25, -0.2) is 4.52 Å². The monoisotopic (exact) mass is 546 g/mol. The maximum Gasteiger partial charge on any atom is 0.255 e. The Bertz CT molecular complexity index is 1630. The van der Waals surface area contributed by atoms with Gasteiger partial charge in [-0.2, -0.15) is 5.10 Å². The number of nitrogens with zero attached hydrogens (tertiary/aromatic N) is 4. The number of ether oxygens (including phenoxy) is 1. The molecule has 1 saturated heterocycles. The van der Waals surface area contributed by atoms with Crippen LogP contribution in [0.4, 0.5) is 17.1 Å². The highest BCUT2D eigenvalue weighted by molar-refractivity contribution is 6.01. The van der Waals surface area contributed by atoms with Crippen LogP contribution in [-0.4, -0.2) is 58.5 Å². The first-order valence-corrected chi connectivity index (χ1v) is 13.9. The van der Waals surface area contributed by atoms with Gasteiger partial charge in [-0.05, 0) is 54.4 Å². The van der Waals surface area contributed by atoms with Gasteiger partial charge in [0, 0.05) is 51.7 Å². The minimum Gasteiger partial charge on any atom is -0.457 e. The number of piperazine rings is 1. The van der Waals surface area contributed by atoms with E-state index in [1.807, 2.05) is 85.7 Å². The van der Waals surface area contributed by atoms with E-state index in [0.717, 1.165) is 59.3 Å². The van der Waals surface area contributed by atoms with Crippen LogP contribution in [-0.2, 0) is 6.54 Å². The van der Waals surface area contributed by atoms with Gasteiger partial charge in [0.2, 0.25) is 0 Å². The van der Waals surface area contributed by atoms with Crippen LogP contribution in [0.1, 0.15) is 21.5 Å². The molecule has 6 rings (SSSR count). The molecule has 8 nitrogen and oxygen atoms in total. The number of hydrogen-bond acceptors (Lipinski definition) is 6. The van der Waals surface area contributed by atoms with E-state index in [2.05, 4.69) is 44.9 Å². The van der Waals surface area contributed by atoms with E-state index in [0.29, 0.717) is 18.7 Å². The summed E-state index contributed by atoms with van der Waals surface area (Å²) in [5, 5.41) is 11.4. The minimum absolute atomic E-state index is 0.0479. The molecule has 208 valence electrons. The third-order valence-electron chi connectivity index (χ3n) is 7.57. The van der Waals surface area contributed by atoms with Crippen LogP contribution in [0.2, 0.25) is 0 Å². The van der Waals surface area contributed by atoms with Gasteiger partial charge in [-0.3, -0.25) is 9.69 Å². The van der Waals surface area contributed by atoms with Crippen molar-refractivity contribution in [2.75, 3.05) is 43.9 Å². The molecule has 2 aromatic heterocycles. The van der Waals surface area contributed by atoms with Crippen LogP contribution in [0.25, 0.3) is 5.52 Å². The molecule has 3 heterocycles. The van der Waals surface area contributed by atoms with Crippen molar-refractivity contribution < 1.29 is 9.53 Å². The largest absolute Gasteiger partial charge is 0.457 e. The van der Waals surface area contributed by atoms with Gasteiger partial charge in [0.1, 0.15) is 11.5 Å². The molecule has 0 radical (unpaired) electrons. The molecule has 0 bridgehead atoms. The number of aromatic nitrogens is 2. The Labute approximate surface area is 240 Å². The lowest BCUT2D eigenvalue weighted by Crippen LogP contribution is -2.48. The van der Waals surface area contributed by atoms with Gasteiger partial charge >= 0.3 is 0 Å². The van der Waals surface area contributed by atoms with Crippen LogP contribution >= 0.6 is 0 Å². The number of rotatable bonds is 8. The second-order valence-corrected chi connectivity index (χ2v) is 10.3. The predicted octanol–water partition coefficient (Wildman–Crippen LogP) is 6.18. The Balaban J connectivity index is 1.20. The van der Waals surface area contributed by atoms with Crippen molar-refractivity contribution in [2.24, 2.45) is 0 Å². The highest BCUT2D eigenvalue weighted by Gasteiger charge is 2.26. The van der Waals surface area contributed by atoms with E-state index in [-0.39, 0.29) is 5.91 Å². The molecule has 2 N–H and O–H groups in total. The number of fused-ring (bicyclic) bond motifs is 1. The Kier molecular flexibility index (Phi) is 7.56. The summed E-state index contributed by atoms with van der Waals surface area (Å²) < 4.78 is 7.74. The van der Waals surface area contributed by atoms with Crippen molar-refractivity contribution in [1.82, 2.24) is 19.4 Å². The van der Waals surface area contributed by atoms with Crippen molar-refractivity contribution in [1.29, 1.82) is 0 Å². The summed E-state index contributed by atoms with van der Waals surface area (Å²) in [6, 6.07) is 28.0. The molecule has 1 aliphatic heterocycles. The topological polar surface area (TPSA) is 74.1 Å². The van der Waals surface area contributed by atoms with Gasteiger partial charge < -0.3 is 20.3 Å². The number of carbonyl (C=O) groups is 1. The van der Waals surface area contributed by atoms with Crippen LogP contribution < -0.4 is 15.4 Å². The normalized spacial score (nSPS) is 13.8. The standard InChI is InChI=1S/C33H34N6O2/c1-24-29(33(40)38-19-17-37(18-20-38)22-25-9-5-3-6-10-25)23-39-32(24)31(30(34-2)21-35-39)36-26-13-15-28(16-14-26)41-27-11-7-4-8-12-27/h3-16,21,23,34,36H,17-20,22H2,1-2H3. The summed E-state index contributed by atoms with van der Waals surface area (Å²) in [4.78, 5) is 18.0. The van der Waals surface area contributed by atoms with Crippen LogP contribution in [0.15, 0.2) is 97.3 Å². The zero-order valence-electron chi connectivity index (χ0n) is 23.4. The molecule has 0 spiro atoms. The highest BCUT2D eigenvalue weighted by atomic mass is 16.5. The van der Waals surface area contributed by atoms with E-state index in [1.165, 1.54) is 5.56 Å². The summed E-state index contributed by atoms with van der Waals surface area (Å²) in [5.74, 6) is 1.60. The predicted molar refractivity (Wildman–Crippen MR) is 163 cm³/mol. The molecule has 5 aromatic rings. The van der Waals surface area contributed by atoms with Crippen molar-refractivity contribution >= 4 is 28.5 Å². The zero-order valence-corrected chi connectivity index (χ0v) is 23.4. The number of benzene rings is 3. The number of anilines is 3. The van der Waals surface area contributed by atoms with Crippen molar-refractivity contribution in [3.63, 3.8) is 0 Å². The van der Waals surface area contributed by atoms with Crippen molar-refractivity contribution in [3.05, 3.63) is 114 Å². The van der Waals surface area contributed by atoms with E-state index in [9.17, 15) is 4.79 Å². The summed E-state index contributed by atoms with van der Waals surface area (Å²) >= 11 is 0. The minimum atomic E-state index is 0.0479. The third-order valence-corrected chi connectivity index (χ3v) is 7.57. The summed E-state index contributed by atoms with van der Waals surface area (Å²) in [6.07, 6.45) is 3.63. The first kappa shape index (κ1) is 26.4. The smallest absolute Gasteiger partial charge is 0.255 e. The SMILES string of the molecule is CNc1cnn2cc(C(=O)N3CCN(Cc4ccccc4)CC3)c(C)c2c1Nc1ccc(Oc2ccccc2)cc1. The molecule has 8 heteroatoms. The maximum atomic E-state index is 13.7. The summed E-state index contributed by atoms with van der Waals surface area (Å²) in [7, 11) is 1.87. The Morgan fingerprint density at radius 1 is 0.878 bits per heavy atom. The lowest BCUT2D eigenvalue weighted by Gasteiger charge is -2.34. The average molecular weight is 547 g/mol. The van der Waals surface area contributed by atoms with Crippen LogP contribution in [0, 0.1) is 6.92 Å². The zero-order chi connectivity index (χ0) is 28.2. The second-order valence-electron chi connectivity index (χ2n) is 10.3. The van der Waals surface area contributed by atoms with E-state index >= 15 is 0 Å². The van der Waals surface area contributed by atoms with E-state index in [4.69, 9.17) is 4.74 Å². The molecule has 0 aliphatic carbocycles. The molecule has 0 saturated carbocycles. The third kappa shape index (κ3) is 5.73. The fraction of sp³-hybridized carbons (Fsp3) is 0.212. The Morgan fingerprint density at radius 2 is 1.54 bits per heavy atom. The molecule has 1 aliphatic rings. The Morgan fingerprint density at radius 3 is 2.22 bits per heavy atom. The number of hydrogen-bond donors (Lipinski definition) is 2. The molecule has 3 aromatic carbocycles. The summed E-state index contributed by atoms with van der Waals surface area (Å²) in [6.45, 7) is 6.02. The maximum absolute atomic E-state index is 13.7. The average Bonchev–Trinajstić information content (AvgIpc) is 3.36. The first-order valence-electron chi connectivity index (χ1n) is 13.9. The fourth-order valence-corrected chi connectivity index (χ4v) is 5.32. The van der Waals surface area contributed by atoms with E-state index in [1.54, 1.807) is 10.7 Å². The lowest BCUT2D eigenvalue weighted by molar-refractivity contribution is 0.0628. The number of nitrogens with one attached hydrogen (secondary N) is 2. The number of amides is 1. The van der Waals surface area contributed by atoms with Crippen molar-refractivity contribution in [3.8, 4) is 11.5 Å². The van der Waals surface area contributed by atoms with Crippen molar-refractivity contribution in [2.45, 2.75) is 13.5 Å². The molecular formula is C33H34N6O2. The van der Waals surface area contributed by atoms with E-state index < -0.39 is 0 Å². The fourth-order valence-electron chi connectivity index (χ4n) is 5.32. The van der Waals surface area contributed by atoms with Crippen LogP contribution in [0.5, 0.6) is 11.5 Å². The van der Waals surface area contributed by atoms with Gasteiger partial charge in [0.05, 0.1) is 28.7 Å². The number of aryl methyl sites for hydroxylation is 1. The van der Waals surface area contributed by atoms with Gasteiger partial charge in [-0.15, -0.1) is 0 Å². The van der Waals surface area contributed by atoms with Gasteiger partial charge in [-0.1, -0.05) is 48.5 Å². The van der Waals surface area contributed by atoms with Gasteiger partial charge in [0.15, 0.2) is 0 Å². The first-order chi connectivity index (χ1) is 20.1. The summed E-state index contributed by atoms with van der Waals surface area (Å²) in [5.41, 5.74) is 6.35. The number of para-hydroxylation sites is 1. The molecular weight excluding hydrogens is 512 g/mol. The molecule has 1 fully saturated rings. The molecule has 41 heavy (non-hydrogen) atoms. The van der Waals surface area contributed by atoms with Gasteiger partial charge in [0.25, 0.3) is 5.91 Å².